The van der Waals surface area contributed by atoms with Gasteiger partial charge in [0.05, 0.1) is 23.6 Å². The summed E-state index contributed by atoms with van der Waals surface area (Å²) in [6.45, 7) is 2.70. The number of hydrogen-bond donors (Lipinski definition) is 2. The standard InChI is InChI=1S/C15H19NO4S/c1-15(9-11-20-12-15)16-21(18,19)14-8-3-2-6-13(14)7-4-5-10-17/h2-3,6,8,16-17H,5,9-12H2,1H3. The molecule has 1 aromatic rings. The SMILES string of the molecule is CC1(NS(=O)(=O)c2ccccc2C#CCCO)CCOC1. The van der Waals surface area contributed by atoms with Crippen LogP contribution in [-0.4, -0.2) is 38.9 Å². The third-order valence-corrected chi connectivity index (χ3v) is 4.93. The van der Waals surface area contributed by atoms with Crippen molar-refractivity contribution in [2.24, 2.45) is 0 Å². The zero-order chi connectivity index (χ0) is 15.3. The van der Waals surface area contributed by atoms with Crippen LogP contribution in [0.2, 0.25) is 0 Å². The van der Waals surface area contributed by atoms with Crippen molar-refractivity contribution in [2.45, 2.75) is 30.2 Å². The van der Waals surface area contributed by atoms with Crippen LogP contribution in [0.3, 0.4) is 0 Å². The average Bonchev–Trinajstić information content (AvgIpc) is 2.85. The Morgan fingerprint density at radius 2 is 2.19 bits per heavy atom. The molecule has 2 rings (SSSR count). The van der Waals surface area contributed by atoms with Crippen LogP contribution >= 0.6 is 0 Å². The summed E-state index contributed by atoms with van der Waals surface area (Å²) in [7, 11) is -3.66. The number of hydrogen-bond acceptors (Lipinski definition) is 4. The topological polar surface area (TPSA) is 75.6 Å². The molecule has 0 saturated carbocycles. The minimum absolute atomic E-state index is 0.0461. The smallest absolute Gasteiger partial charge is 0.242 e. The maximum Gasteiger partial charge on any atom is 0.242 e. The molecular weight excluding hydrogens is 290 g/mol. The van der Waals surface area contributed by atoms with Crippen molar-refractivity contribution in [3.63, 3.8) is 0 Å². The summed E-state index contributed by atoms with van der Waals surface area (Å²) in [4.78, 5) is 0.156. The molecule has 1 atom stereocenters. The first-order valence-corrected chi connectivity index (χ1v) is 8.26. The van der Waals surface area contributed by atoms with Crippen LogP contribution in [0.25, 0.3) is 0 Å². The highest BCUT2D eigenvalue weighted by atomic mass is 32.2. The molecule has 21 heavy (non-hydrogen) atoms. The molecule has 0 radical (unpaired) electrons. The zero-order valence-electron chi connectivity index (χ0n) is 11.9. The van der Waals surface area contributed by atoms with Crippen LogP contribution in [0.15, 0.2) is 29.2 Å². The van der Waals surface area contributed by atoms with Gasteiger partial charge in [0.15, 0.2) is 0 Å². The van der Waals surface area contributed by atoms with Gasteiger partial charge in [0.2, 0.25) is 10.0 Å². The second-order valence-electron chi connectivity index (χ2n) is 5.24. The lowest BCUT2D eigenvalue weighted by Crippen LogP contribution is -2.46. The van der Waals surface area contributed by atoms with Gasteiger partial charge in [-0.25, -0.2) is 13.1 Å². The summed E-state index contributed by atoms with van der Waals surface area (Å²) in [6, 6.07) is 6.60. The van der Waals surface area contributed by atoms with Crippen molar-refractivity contribution in [3.8, 4) is 11.8 Å². The minimum Gasteiger partial charge on any atom is -0.395 e. The highest BCUT2D eigenvalue weighted by Crippen LogP contribution is 2.22. The Morgan fingerprint density at radius 3 is 2.86 bits per heavy atom. The summed E-state index contributed by atoms with van der Waals surface area (Å²) in [5.41, 5.74) is -0.147. The van der Waals surface area contributed by atoms with E-state index in [2.05, 4.69) is 16.6 Å². The average molecular weight is 309 g/mol. The molecule has 0 amide bonds. The van der Waals surface area contributed by atoms with Gasteiger partial charge in [0.25, 0.3) is 0 Å². The molecule has 1 fully saturated rings. The molecule has 6 heteroatoms. The molecule has 5 nitrogen and oxygen atoms in total. The Morgan fingerprint density at radius 1 is 1.43 bits per heavy atom. The normalized spacial score (nSPS) is 21.8. The van der Waals surface area contributed by atoms with Crippen molar-refractivity contribution >= 4 is 10.0 Å². The Labute approximate surface area is 125 Å². The van der Waals surface area contributed by atoms with Gasteiger partial charge in [-0.1, -0.05) is 24.0 Å². The molecular formula is C15H19NO4S. The first-order valence-electron chi connectivity index (χ1n) is 6.77. The van der Waals surface area contributed by atoms with Crippen LogP contribution in [0, 0.1) is 11.8 Å². The highest BCUT2D eigenvalue weighted by Gasteiger charge is 2.35. The summed E-state index contributed by atoms with van der Waals surface area (Å²) >= 11 is 0. The van der Waals surface area contributed by atoms with Crippen LogP contribution in [0.5, 0.6) is 0 Å². The number of aliphatic hydroxyl groups excluding tert-OH is 1. The van der Waals surface area contributed by atoms with Gasteiger partial charge in [-0.05, 0) is 25.5 Å². The Bertz CT molecular complexity index is 652. The number of aliphatic hydroxyl groups is 1. The van der Waals surface area contributed by atoms with Gasteiger partial charge in [-0.2, -0.15) is 0 Å². The lowest BCUT2D eigenvalue weighted by Gasteiger charge is -2.23. The lowest BCUT2D eigenvalue weighted by atomic mass is 10.0. The molecule has 1 unspecified atom stereocenters. The quantitative estimate of drug-likeness (QED) is 0.810. The zero-order valence-corrected chi connectivity index (χ0v) is 12.7. The summed E-state index contributed by atoms with van der Waals surface area (Å²) < 4.78 is 33.1. The van der Waals surface area contributed by atoms with Crippen molar-refractivity contribution < 1.29 is 18.3 Å². The van der Waals surface area contributed by atoms with Gasteiger partial charge >= 0.3 is 0 Å². The Hall–Kier alpha value is -1.39. The van der Waals surface area contributed by atoms with Crippen LogP contribution in [0.4, 0.5) is 0 Å². The molecule has 0 bridgehead atoms. The molecule has 2 N–H and O–H groups in total. The maximum atomic E-state index is 12.6. The number of benzene rings is 1. The van der Waals surface area contributed by atoms with E-state index in [1.165, 1.54) is 6.07 Å². The van der Waals surface area contributed by atoms with E-state index in [1.54, 1.807) is 18.2 Å². The van der Waals surface area contributed by atoms with Gasteiger partial charge in [0.1, 0.15) is 0 Å². The molecule has 1 aliphatic heterocycles. The Kier molecular flexibility index (Phi) is 5.01. The van der Waals surface area contributed by atoms with Gasteiger partial charge in [-0.3, -0.25) is 0 Å². The molecule has 1 aliphatic rings. The predicted molar refractivity (Wildman–Crippen MR) is 79.2 cm³/mol. The number of rotatable bonds is 4. The molecule has 0 spiro atoms. The van der Waals surface area contributed by atoms with E-state index in [1.807, 2.05) is 6.92 Å². The number of nitrogens with one attached hydrogen (secondary N) is 1. The first-order chi connectivity index (χ1) is 9.97. The minimum atomic E-state index is -3.66. The van der Waals surface area contributed by atoms with Crippen LogP contribution in [0.1, 0.15) is 25.3 Å². The largest absolute Gasteiger partial charge is 0.395 e. The monoisotopic (exact) mass is 309 g/mol. The summed E-state index contributed by atoms with van der Waals surface area (Å²) in [5, 5.41) is 8.75. The van der Waals surface area contributed by atoms with Crippen molar-refractivity contribution in [1.29, 1.82) is 0 Å². The van der Waals surface area contributed by atoms with E-state index in [0.29, 0.717) is 31.6 Å². The third-order valence-electron chi connectivity index (χ3n) is 3.24. The second-order valence-corrected chi connectivity index (χ2v) is 6.89. The van der Waals surface area contributed by atoms with Crippen LogP contribution in [-0.2, 0) is 14.8 Å². The molecule has 0 aromatic heterocycles. The fourth-order valence-electron chi connectivity index (χ4n) is 2.14. The van der Waals surface area contributed by atoms with Gasteiger partial charge in [0, 0.05) is 18.6 Å². The first kappa shape index (κ1) is 16.0. The van der Waals surface area contributed by atoms with E-state index < -0.39 is 15.6 Å². The molecule has 1 aromatic carbocycles. The number of sulfonamides is 1. The van der Waals surface area contributed by atoms with Gasteiger partial charge in [-0.15, -0.1) is 0 Å². The molecule has 0 aliphatic carbocycles. The van der Waals surface area contributed by atoms with E-state index in [4.69, 9.17) is 9.84 Å². The molecule has 1 saturated heterocycles. The predicted octanol–water partition coefficient (Wildman–Crippen LogP) is 0.878. The summed E-state index contributed by atoms with van der Waals surface area (Å²) in [5.74, 6) is 5.55. The third kappa shape index (κ3) is 4.05. The van der Waals surface area contributed by atoms with E-state index >= 15 is 0 Å². The molecule has 1 heterocycles. The van der Waals surface area contributed by atoms with Crippen molar-refractivity contribution in [2.75, 3.05) is 19.8 Å². The lowest BCUT2D eigenvalue weighted by molar-refractivity contribution is 0.178. The second kappa shape index (κ2) is 6.58. The van der Waals surface area contributed by atoms with E-state index in [9.17, 15) is 8.42 Å². The van der Waals surface area contributed by atoms with Gasteiger partial charge < -0.3 is 9.84 Å². The summed E-state index contributed by atoms with van der Waals surface area (Å²) in [6.07, 6.45) is 0.956. The number of ether oxygens (including phenoxy) is 1. The Balaban J connectivity index is 2.30. The van der Waals surface area contributed by atoms with Crippen LogP contribution < -0.4 is 4.72 Å². The van der Waals surface area contributed by atoms with E-state index in [0.717, 1.165) is 0 Å². The van der Waals surface area contributed by atoms with Crippen molar-refractivity contribution in [1.82, 2.24) is 4.72 Å². The molecule has 114 valence electrons. The highest BCUT2D eigenvalue weighted by molar-refractivity contribution is 7.89. The fourth-order valence-corrected chi connectivity index (χ4v) is 3.73. The maximum absolute atomic E-state index is 12.6. The fraction of sp³-hybridized carbons (Fsp3) is 0.467. The van der Waals surface area contributed by atoms with E-state index in [-0.39, 0.29) is 11.5 Å². The van der Waals surface area contributed by atoms with Crippen molar-refractivity contribution in [3.05, 3.63) is 29.8 Å².